The Labute approximate surface area is 154 Å². The van der Waals surface area contributed by atoms with Crippen LogP contribution in [-0.4, -0.2) is 51.9 Å². The Morgan fingerprint density at radius 2 is 1.65 bits per heavy atom. The normalized spacial score (nSPS) is 15.7. The second kappa shape index (κ2) is 7.88. The van der Waals surface area contributed by atoms with Gasteiger partial charge < -0.3 is 9.80 Å². The number of likely N-dealkylation sites (N-methyl/N-ethyl adjacent to an activating group) is 1. The number of carbonyl (C=O) groups is 1. The number of nitrogens with zero attached hydrogens (tertiary/aromatic N) is 1. The van der Waals surface area contributed by atoms with Crippen LogP contribution in [0.25, 0.3) is 0 Å². The highest BCUT2D eigenvalue weighted by Crippen LogP contribution is 2.17. The van der Waals surface area contributed by atoms with Crippen molar-refractivity contribution in [1.82, 2.24) is 4.90 Å². The Bertz CT molecular complexity index is 843. The van der Waals surface area contributed by atoms with Crippen LogP contribution in [0.4, 0.5) is 5.69 Å². The van der Waals surface area contributed by atoms with Crippen molar-refractivity contribution in [2.75, 3.05) is 37.4 Å². The summed E-state index contributed by atoms with van der Waals surface area (Å²) in [4.78, 5) is 16.1. The van der Waals surface area contributed by atoms with Crippen LogP contribution < -0.4 is 9.62 Å². The summed E-state index contributed by atoms with van der Waals surface area (Å²) < 4.78 is 27.4. The molecule has 1 heterocycles. The van der Waals surface area contributed by atoms with Gasteiger partial charge >= 0.3 is 0 Å². The molecule has 0 aliphatic carbocycles. The van der Waals surface area contributed by atoms with Crippen LogP contribution in [-0.2, 0) is 10.0 Å². The molecule has 2 N–H and O–H groups in total. The van der Waals surface area contributed by atoms with E-state index in [1.165, 1.54) is 17.0 Å². The molecule has 1 saturated heterocycles. The number of nitrogens with one attached hydrogen (secondary N) is 2. The Balaban J connectivity index is 1.69. The van der Waals surface area contributed by atoms with E-state index in [0.717, 1.165) is 32.7 Å². The fourth-order valence-corrected chi connectivity index (χ4v) is 4.12. The van der Waals surface area contributed by atoms with Gasteiger partial charge in [0, 0.05) is 11.3 Å². The van der Waals surface area contributed by atoms with E-state index >= 15 is 0 Å². The quantitative estimate of drug-likeness (QED) is 0.815. The predicted molar refractivity (Wildman–Crippen MR) is 101 cm³/mol. The maximum atomic E-state index is 12.6. The highest BCUT2D eigenvalue weighted by atomic mass is 32.2. The molecule has 0 saturated carbocycles. The molecule has 3 rings (SSSR count). The van der Waals surface area contributed by atoms with Crippen molar-refractivity contribution in [3.8, 4) is 0 Å². The Kier molecular flexibility index (Phi) is 5.58. The molecule has 6 nitrogen and oxygen atoms in total. The molecule has 0 unspecified atom stereocenters. The van der Waals surface area contributed by atoms with Crippen LogP contribution in [0, 0.1) is 0 Å². The van der Waals surface area contributed by atoms with Crippen molar-refractivity contribution >= 4 is 21.6 Å². The molecule has 2 aromatic rings. The minimum absolute atomic E-state index is 0.0416. The third-order valence-corrected chi connectivity index (χ3v) is 6.09. The number of amides is 1. The molecular formula is C19H24N3O3S+. The Morgan fingerprint density at radius 1 is 1.04 bits per heavy atom. The van der Waals surface area contributed by atoms with E-state index in [9.17, 15) is 13.2 Å². The van der Waals surface area contributed by atoms with Crippen LogP contribution in [0.2, 0.25) is 0 Å². The second-order valence-corrected chi connectivity index (χ2v) is 8.07. The number of anilines is 1. The number of para-hydroxylation sites is 1. The van der Waals surface area contributed by atoms with Gasteiger partial charge in [0.05, 0.1) is 37.6 Å². The second-order valence-electron chi connectivity index (χ2n) is 6.39. The smallest absolute Gasteiger partial charge is 0.261 e. The van der Waals surface area contributed by atoms with Gasteiger partial charge in [-0.2, -0.15) is 0 Å². The van der Waals surface area contributed by atoms with Gasteiger partial charge in [0.15, 0.2) is 0 Å². The first kappa shape index (κ1) is 18.4. The van der Waals surface area contributed by atoms with E-state index in [2.05, 4.69) is 11.6 Å². The topological polar surface area (TPSA) is 70.9 Å². The van der Waals surface area contributed by atoms with Crippen LogP contribution >= 0.6 is 0 Å². The van der Waals surface area contributed by atoms with Crippen molar-refractivity contribution in [1.29, 1.82) is 0 Å². The number of hydrogen-bond acceptors (Lipinski definition) is 3. The SMILES string of the molecule is CC[NH+]1CCN(C(=O)c2ccc(S(=O)(=O)Nc3ccccc3)cc2)CC1. The average Bonchev–Trinajstić information content (AvgIpc) is 2.68. The molecule has 0 spiro atoms. The number of hydrogen-bond donors (Lipinski definition) is 2. The van der Waals surface area contributed by atoms with Crippen molar-refractivity contribution in [3.63, 3.8) is 0 Å². The van der Waals surface area contributed by atoms with E-state index in [4.69, 9.17) is 0 Å². The zero-order chi connectivity index (χ0) is 18.6. The molecule has 0 radical (unpaired) electrons. The van der Waals surface area contributed by atoms with E-state index in [1.807, 2.05) is 11.0 Å². The van der Waals surface area contributed by atoms with Crippen molar-refractivity contribution in [2.24, 2.45) is 0 Å². The van der Waals surface area contributed by atoms with Gasteiger partial charge in [-0.1, -0.05) is 18.2 Å². The van der Waals surface area contributed by atoms with Crippen molar-refractivity contribution in [3.05, 3.63) is 60.2 Å². The van der Waals surface area contributed by atoms with E-state index < -0.39 is 10.0 Å². The van der Waals surface area contributed by atoms with Crippen LogP contribution in [0.15, 0.2) is 59.5 Å². The lowest BCUT2D eigenvalue weighted by molar-refractivity contribution is -0.902. The van der Waals surface area contributed by atoms with E-state index in [0.29, 0.717) is 11.3 Å². The first-order chi connectivity index (χ1) is 12.5. The maximum absolute atomic E-state index is 12.6. The van der Waals surface area contributed by atoms with Crippen molar-refractivity contribution < 1.29 is 18.1 Å². The lowest BCUT2D eigenvalue weighted by Gasteiger charge is -2.31. The van der Waals surface area contributed by atoms with E-state index in [-0.39, 0.29) is 10.8 Å². The summed E-state index contributed by atoms with van der Waals surface area (Å²) in [6, 6.07) is 14.8. The summed E-state index contributed by atoms with van der Waals surface area (Å²) in [5, 5.41) is 0. The molecule has 0 aromatic heterocycles. The monoisotopic (exact) mass is 374 g/mol. The summed E-state index contributed by atoms with van der Waals surface area (Å²) >= 11 is 0. The number of benzene rings is 2. The number of quaternary nitrogens is 1. The third-order valence-electron chi connectivity index (χ3n) is 4.70. The Morgan fingerprint density at radius 3 is 2.23 bits per heavy atom. The molecule has 7 heteroatoms. The van der Waals surface area contributed by atoms with E-state index in [1.54, 1.807) is 36.4 Å². The van der Waals surface area contributed by atoms with Crippen LogP contribution in [0.1, 0.15) is 17.3 Å². The third kappa shape index (κ3) is 4.23. The zero-order valence-electron chi connectivity index (χ0n) is 14.8. The lowest BCUT2D eigenvalue weighted by atomic mass is 10.2. The zero-order valence-corrected chi connectivity index (χ0v) is 15.6. The molecule has 1 aliphatic heterocycles. The largest absolute Gasteiger partial charge is 0.332 e. The highest BCUT2D eigenvalue weighted by Gasteiger charge is 2.24. The molecule has 1 amide bonds. The number of sulfonamides is 1. The first-order valence-corrected chi connectivity index (χ1v) is 10.3. The van der Waals surface area contributed by atoms with Gasteiger partial charge in [-0.25, -0.2) is 8.42 Å². The minimum Gasteiger partial charge on any atom is -0.332 e. The summed E-state index contributed by atoms with van der Waals surface area (Å²) in [6.45, 7) is 6.60. The van der Waals surface area contributed by atoms with Gasteiger partial charge in [0.2, 0.25) is 0 Å². The van der Waals surface area contributed by atoms with Gasteiger partial charge in [0.25, 0.3) is 15.9 Å². The predicted octanol–water partition coefficient (Wildman–Crippen LogP) is 0.848. The van der Waals surface area contributed by atoms with Gasteiger partial charge in [-0.3, -0.25) is 9.52 Å². The highest BCUT2D eigenvalue weighted by molar-refractivity contribution is 7.92. The van der Waals surface area contributed by atoms with Crippen LogP contribution in [0.5, 0.6) is 0 Å². The fourth-order valence-electron chi connectivity index (χ4n) is 3.06. The molecule has 1 aliphatic rings. The average molecular weight is 374 g/mol. The molecule has 26 heavy (non-hydrogen) atoms. The fraction of sp³-hybridized carbons (Fsp3) is 0.316. The molecule has 138 valence electrons. The summed E-state index contributed by atoms with van der Waals surface area (Å²) in [6.07, 6.45) is 0. The summed E-state index contributed by atoms with van der Waals surface area (Å²) in [5.74, 6) is -0.0416. The van der Waals surface area contributed by atoms with Crippen LogP contribution in [0.3, 0.4) is 0 Å². The Hall–Kier alpha value is -2.38. The molecule has 0 atom stereocenters. The lowest BCUT2D eigenvalue weighted by Crippen LogP contribution is -3.14. The molecule has 0 bridgehead atoms. The minimum atomic E-state index is -3.67. The maximum Gasteiger partial charge on any atom is 0.261 e. The first-order valence-electron chi connectivity index (χ1n) is 8.80. The molecule has 2 aromatic carbocycles. The number of carbonyl (C=O) groups excluding carboxylic acids is 1. The number of piperazine rings is 1. The standard InChI is InChI=1S/C19H23N3O3S/c1-2-21-12-14-22(15-13-21)19(23)16-8-10-18(11-9-16)26(24,25)20-17-6-4-3-5-7-17/h3-11,20H,2,12-15H2,1H3/p+1. The molecule has 1 fully saturated rings. The van der Waals surface area contributed by atoms with Gasteiger partial charge in [-0.15, -0.1) is 0 Å². The van der Waals surface area contributed by atoms with Gasteiger partial charge in [-0.05, 0) is 43.3 Å². The number of rotatable bonds is 5. The summed E-state index contributed by atoms with van der Waals surface area (Å²) in [7, 11) is -3.67. The van der Waals surface area contributed by atoms with Gasteiger partial charge in [0.1, 0.15) is 0 Å². The summed E-state index contributed by atoms with van der Waals surface area (Å²) in [5.41, 5.74) is 1.02. The molecular weight excluding hydrogens is 350 g/mol. The van der Waals surface area contributed by atoms with Crippen molar-refractivity contribution in [2.45, 2.75) is 11.8 Å².